The Hall–Kier alpha value is -4.65. The Balaban J connectivity index is 0.000000192. The van der Waals surface area contributed by atoms with Crippen molar-refractivity contribution < 1.29 is 14.3 Å². The number of para-hydroxylation sites is 2. The van der Waals surface area contributed by atoms with Crippen molar-refractivity contribution in [3.05, 3.63) is 96.1 Å². The first kappa shape index (κ1) is 24.0. The topological polar surface area (TPSA) is 140 Å². The number of ketones is 1. The number of hydrogen-bond donors (Lipinski definition) is 4. The summed E-state index contributed by atoms with van der Waals surface area (Å²) in [4.78, 5) is 12.1. The largest absolute Gasteiger partial charge is 0.495 e. The van der Waals surface area contributed by atoms with Crippen LogP contribution in [-0.2, 0) is 0 Å². The predicted molar refractivity (Wildman–Crippen MR) is 139 cm³/mol. The second kappa shape index (κ2) is 10.8. The van der Waals surface area contributed by atoms with Crippen LogP contribution < -0.4 is 32.4 Å². The Kier molecular flexibility index (Phi) is 7.61. The molecular formula is C27H28N4O3. The lowest BCUT2D eigenvalue weighted by Crippen LogP contribution is -2.07. The molecule has 0 amide bonds. The highest BCUT2D eigenvalue weighted by Crippen LogP contribution is 2.32. The van der Waals surface area contributed by atoms with Crippen LogP contribution in [0.15, 0.2) is 84.9 Å². The van der Waals surface area contributed by atoms with Gasteiger partial charge in [-0.25, -0.2) is 0 Å². The quantitative estimate of drug-likeness (QED) is 0.254. The van der Waals surface area contributed by atoms with Crippen molar-refractivity contribution >= 4 is 28.5 Å². The van der Waals surface area contributed by atoms with Gasteiger partial charge in [0, 0.05) is 22.5 Å². The van der Waals surface area contributed by atoms with E-state index in [2.05, 4.69) is 0 Å². The maximum atomic E-state index is 12.1. The van der Waals surface area contributed by atoms with Crippen LogP contribution in [0.5, 0.6) is 11.5 Å². The molecule has 4 aromatic rings. The summed E-state index contributed by atoms with van der Waals surface area (Å²) in [5.41, 5.74) is 28.2. The summed E-state index contributed by atoms with van der Waals surface area (Å²) in [6.45, 7) is 0. The van der Waals surface area contributed by atoms with E-state index in [-0.39, 0.29) is 5.78 Å². The average molecular weight is 457 g/mol. The highest BCUT2D eigenvalue weighted by Gasteiger charge is 2.13. The number of rotatable bonds is 5. The molecule has 174 valence electrons. The van der Waals surface area contributed by atoms with Crippen LogP contribution in [0.3, 0.4) is 0 Å². The van der Waals surface area contributed by atoms with Gasteiger partial charge in [-0.2, -0.15) is 0 Å². The second-order valence-corrected chi connectivity index (χ2v) is 7.42. The number of methoxy groups -OCH3 is 2. The summed E-state index contributed by atoms with van der Waals surface area (Å²) in [6, 6.07) is 25.2. The van der Waals surface area contributed by atoms with Gasteiger partial charge in [0.1, 0.15) is 11.5 Å². The number of hydrogen-bond acceptors (Lipinski definition) is 7. The first-order chi connectivity index (χ1) is 16.3. The Bertz CT molecular complexity index is 1210. The van der Waals surface area contributed by atoms with Crippen LogP contribution in [0.4, 0.5) is 22.7 Å². The molecule has 4 rings (SSSR count). The van der Waals surface area contributed by atoms with E-state index in [1.165, 1.54) is 0 Å². The average Bonchev–Trinajstić information content (AvgIpc) is 2.85. The molecule has 0 unspecified atom stereocenters. The Labute approximate surface area is 198 Å². The van der Waals surface area contributed by atoms with Crippen LogP contribution in [0.1, 0.15) is 15.9 Å². The van der Waals surface area contributed by atoms with Crippen molar-refractivity contribution in [2.24, 2.45) is 0 Å². The minimum absolute atomic E-state index is 0.142. The van der Waals surface area contributed by atoms with Gasteiger partial charge in [-0.05, 0) is 59.7 Å². The number of benzene rings is 4. The number of anilines is 4. The summed E-state index contributed by atoms with van der Waals surface area (Å²) < 4.78 is 10.4. The lowest BCUT2D eigenvalue weighted by atomic mass is 10.0. The Morgan fingerprint density at radius 3 is 1.29 bits per heavy atom. The Morgan fingerprint density at radius 2 is 0.941 bits per heavy atom. The van der Waals surface area contributed by atoms with Crippen molar-refractivity contribution in [3.8, 4) is 22.6 Å². The standard InChI is InChI=1S/C14H16N2O2.C13H12N2O/c1-17-13-7-9(3-5-11(13)15)10-4-6-12(16)14(8-10)18-2;14-11-7-3-1-5-9(11)13(16)10-6-2-4-8-12(10)15/h3-8H,15-16H2,1-2H3;1-8H,14-15H2. The molecule has 0 aliphatic heterocycles. The molecule has 7 nitrogen and oxygen atoms in total. The summed E-state index contributed by atoms with van der Waals surface area (Å²) >= 11 is 0. The molecule has 0 aliphatic rings. The molecule has 0 radical (unpaired) electrons. The molecule has 0 fully saturated rings. The van der Waals surface area contributed by atoms with E-state index < -0.39 is 0 Å². The summed E-state index contributed by atoms with van der Waals surface area (Å²) in [6.07, 6.45) is 0. The van der Waals surface area contributed by atoms with E-state index in [4.69, 9.17) is 32.4 Å². The zero-order valence-corrected chi connectivity index (χ0v) is 19.1. The highest BCUT2D eigenvalue weighted by atomic mass is 16.5. The smallest absolute Gasteiger partial charge is 0.197 e. The van der Waals surface area contributed by atoms with E-state index in [9.17, 15) is 4.79 Å². The SMILES string of the molecule is COc1cc(-c2ccc(N)c(OC)c2)ccc1N.Nc1ccccc1C(=O)c1ccccc1N. The zero-order chi connectivity index (χ0) is 24.7. The van der Waals surface area contributed by atoms with E-state index in [1.54, 1.807) is 62.8 Å². The maximum absolute atomic E-state index is 12.1. The summed E-state index contributed by atoms with van der Waals surface area (Å²) in [5.74, 6) is 1.17. The summed E-state index contributed by atoms with van der Waals surface area (Å²) in [7, 11) is 3.19. The molecule has 8 N–H and O–H groups in total. The van der Waals surface area contributed by atoms with E-state index >= 15 is 0 Å². The van der Waals surface area contributed by atoms with E-state index in [1.807, 2.05) is 36.4 Å². The molecule has 0 atom stereocenters. The first-order valence-corrected chi connectivity index (χ1v) is 10.5. The van der Waals surface area contributed by atoms with Gasteiger partial charge in [-0.3, -0.25) is 4.79 Å². The second-order valence-electron chi connectivity index (χ2n) is 7.42. The van der Waals surface area contributed by atoms with Crippen molar-refractivity contribution in [2.75, 3.05) is 37.2 Å². The van der Waals surface area contributed by atoms with Crippen LogP contribution in [0, 0.1) is 0 Å². The zero-order valence-electron chi connectivity index (χ0n) is 19.1. The molecule has 0 aromatic heterocycles. The predicted octanol–water partition coefficient (Wildman–Crippen LogP) is 4.62. The number of carbonyl (C=O) groups excluding carboxylic acids is 1. The number of carbonyl (C=O) groups is 1. The van der Waals surface area contributed by atoms with Crippen molar-refractivity contribution in [2.45, 2.75) is 0 Å². The molecule has 0 bridgehead atoms. The molecule has 0 aliphatic carbocycles. The van der Waals surface area contributed by atoms with Gasteiger partial charge in [0.15, 0.2) is 5.78 Å². The fraction of sp³-hybridized carbons (Fsp3) is 0.0741. The van der Waals surface area contributed by atoms with Crippen LogP contribution in [-0.4, -0.2) is 20.0 Å². The minimum atomic E-state index is -0.142. The Morgan fingerprint density at radius 1 is 0.559 bits per heavy atom. The van der Waals surface area contributed by atoms with Gasteiger partial charge >= 0.3 is 0 Å². The van der Waals surface area contributed by atoms with E-state index in [0.717, 1.165) is 11.1 Å². The van der Waals surface area contributed by atoms with Crippen molar-refractivity contribution in [3.63, 3.8) is 0 Å². The molecule has 7 heteroatoms. The summed E-state index contributed by atoms with van der Waals surface area (Å²) in [5, 5.41) is 0. The van der Waals surface area contributed by atoms with Crippen LogP contribution in [0.25, 0.3) is 11.1 Å². The van der Waals surface area contributed by atoms with Gasteiger partial charge < -0.3 is 32.4 Å². The fourth-order valence-electron chi connectivity index (χ4n) is 3.33. The molecule has 34 heavy (non-hydrogen) atoms. The third kappa shape index (κ3) is 5.39. The van der Waals surface area contributed by atoms with Crippen molar-refractivity contribution in [1.29, 1.82) is 0 Å². The first-order valence-electron chi connectivity index (χ1n) is 10.5. The van der Waals surface area contributed by atoms with Gasteiger partial charge in [-0.15, -0.1) is 0 Å². The molecule has 0 spiro atoms. The molecule has 0 heterocycles. The van der Waals surface area contributed by atoms with Crippen LogP contribution >= 0.6 is 0 Å². The lowest BCUT2D eigenvalue weighted by Gasteiger charge is -2.10. The van der Waals surface area contributed by atoms with Crippen molar-refractivity contribution in [1.82, 2.24) is 0 Å². The monoisotopic (exact) mass is 456 g/mol. The normalized spacial score (nSPS) is 10.1. The number of nitrogens with two attached hydrogens (primary N) is 4. The van der Waals surface area contributed by atoms with Gasteiger partial charge in [-0.1, -0.05) is 36.4 Å². The molecule has 0 saturated heterocycles. The third-order valence-corrected chi connectivity index (χ3v) is 5.21. The molecule has 4 aromatic carbocycles. The van der Waals surface area contributed by atoms with Crippen LogP contribution in [0.2, 0.25) is 0 Å². The van der Waals surface area contributed by atoms with Gasteiger partial charge in [0.05, 0.1) is 25.6 Å². The molecule has 0 saturated carbocycles. The van der Waals surface area contributed by atoms with Gasteiger partial charge in [0.25, 0.3) is 0 Å². The number of nitrogen functional groups attached to an aromatic ring is 4. The highest BCUT2D eigenvalue weighted by molar-refractivity contribution is 6.14. The minimum Gasteiger partial charge on any atom is -0.495 e. The van der Waals surface area contributed by atoms with E-state index in [0.29, 0.717) is 45.4 Å². The fourth-order valence-corrected chi connectivity index (χ4v) is 3.33. The lowest BCUT2D eigenvalue weighted by molar-refractivity contribution is 0.104. The number of ether oxygens (including phenoxy) is 2. The third-order valence-electron chi connectivity index (χ3n) is 5.21. The van der Waals surface area contributed by atoms with Gasteiger partial charge in [0.2, 0.25) is 0 Å². The molecular weight excluding hydrogens is 428 g/mol. The maximum Gasteiger partial charge on any atom is 0.197 e.